The number of carbonyl (C=O) groups is 1. The number of rotatable bonds is 6. The van der Waals surface area contributed by atoms with E-state index in [4.69, 9.17) is 9.47 Å². The maximum absolute atomic E-state index is 12.5. The number of urea groups is 1. The lowest BCUT2D eigenvalue weighted by atomic mass is 9.98. The smallest absolute Gasteiger partial charge is 0.319 e. The van der Waals surface area contributed by atoms with Gasteiger partial charge in [-0.3, -0.25) is 0 Å². The zero-order valence-corrected chi connectivity index (χ0v) is 15.4. The van der Waals surface area contributed by atoms with Gasteiger partial charge in [0.2, 0.25) is 6.79 Å². The fourth-order valence-corrected chi connectivity index (χ4v) is 3.30. The van der Waals surface area contributed by atoms with Crippen molar-refractivity contribution in [3.8, 4) is 11.5 Å². The summed E-state index contributed by atoms with van der Waals surface area (Å²) < 4.78 is 10.9. The molecule has 5 nitrogen and oxygen atoms in total. The molecule has 4 rings (SSSR count). The largest absolute Gasteiger partial charge is 0.454 e. The molecule has 0 spiro atoms. The van der Waals surface area contributed by atoms with Gasteiger partial charge in [0.1, 0.15) is 0 Å². The van der Waals surface area contributed by atoms with Gasteiger partial charge in [0.15, 0.2) is 11.5 Å². The Morgan fingerprint density at radius 3 is 2.29 bits per heavy atom. The highest BCUT2D eigenvalue weighted by atomic mass is 16.7. The third kappa shape index (κ3) is 4.62. The van der Waals surface area contributed by atoms with Gasteiger partial charge >= 0.3 is 6.03 Å². The normalized spacial score (nSPS) is 13.0. The van der Waals surface area contributed by atoms with Crippen LogP contribution in [-0.2, 0) is 12.8 Å². The van der Waals surface area contributed by atoms with Crippen LogP contribution in [0.5, 0.6) is 11.5 Å². The number of benzene rings is 3. The molecule has 0 saturated carbocycles. The summed E-state index contributed by atoms with van der Waals surface area (Å²) in [5, 5.41) is 6.00. The summed E-state index contributed by atoms with van der Waals surface area (Å²) in [7, 11) is 0. The van der Waals surface area contributed by atoms with Gasteiger partial charge in [-0.25, -0.2) is 4.79 Å². The van der Waals surface area contributed by atoms with E-state index in [0.717, 1.165) is 29.2 Å². The molecular weight excluding hydrogens is 352 g/mol. The minimum absolute atomic E-state index is 0.0634. The van der Waals surface area contributed by atoms with Crippen LogP contribution in [0.25, 0.3) is 0 Å². The van der Waals surface area contributed by atoms with Gasteiger partial charge in [0.05, 0.1) is 0 Å². The van der Waals surface area contributed by atoms with Crippen LogP contribution in [0, 0.1) is 0 Å². The minimum Gasteiger partial charge on any atom is -0.454 e. The molecule has 2 N–H and O–H groups in total. The van der Waals surface area contributed by atoms with Crippen molar-refractivity contribution in [1.82, 2.24) is 5.32 Å². The predicted molar refractivity (Wildman–Crippen MR) is 109 cm³/mol. The molecule has 0 radical (unpaired) electrons. The molecule has 0 aliphatic carbocycles. The van der Waals surface area contributed by atoms with Crippen molar-refractivity contribution < 1.29 is 14.3 Å². The molecule has 0 aromatic heterocycles. The molecule has 28 heavy (non-hydrogen) atoms. The number of nitrogens with one attached hydrogen (secondary N) is 2. The molecule has 142 valence electrons. The van der Waals surface area contributed by atoms with Gasteiger partial charge in [0.25, 0.3) is 0 Å². The number of para-hydroxylation sites is 1. The van der Waals surface area contributed by atoms with Crippen molar-refractivity contribution in [2.24, 2.45) is 0 Å². The first kappa shape index (κ1) is 17.9. The first-order valence-electron chi connectivity index (χ1n) is 9.31. The Morgan fingerprint density at radius 2 is 1.50 bits per heavy atom. The molecule has 1 unspecified atom stereocenters. The highest BCUT2D eigenvalue weighted by molar-refractivity contribution is 5.89. The number of hydrogen-bond donors (Lipinski definition) is 2. The van der Waals surface area contributed by atoms with E-state index in [-0.39, 0.29) is 18.9 Å². The van der Waals surface area contributed by atoms with Gasteiger partial charge in [-0.15, -0.1) is 0 Å². The summed E-state index contributed by atoms with van der Waals surface area (Å²) in [6.45, 7) is 0.254. The van der Waals surface area contributed by atoms with Crippen LogP contribution >= 0.6 is 0 Å². The molecule has 5 heteroatoms. The zero-order chi connectivity index (χ0) is 19.2. The SMILES string of the molecule is O=C(Nc1ccccc1)NC(Cc1ccccc1)Cc1ccc2c(c1)OCO2. The molecule has 0 bridgehead atoms. The maximum atomic E-state index is 12.5. The second kappa shape index (κ2) is 8.48. The Hall–Kier alpha value is -3.47. The van der Waals surface area contributed by atoms with E-state index < -0.39 is 0 Å². The van der Waals surface area contributed by atoms with E-state index in [1.807, 2.05) is 66.7 Å². The maximum Gasteiger partial charge on any atom is 0.319 e. The number of carbonyl (C=O) groups excluding carboxylic acids is 1. The van der Waals surface area contributed by atoms with Crippen molar-refractivity contribution >= 4 is 11.7 Å². The van der Waals surface area contributed by atoms with E-state index in [1.54, 1.807) is 0 Å². The fraction of sp³-hybridized carbons (Fsp3) is 0.174. The highest BCUT2D eigenvalue weighted by Crippen LogP contribution is 2.32. The van der Waals surface area contributed by atoms with E-state index in [1.165, 1.54) is 5.56 Å². The average Bonchev–Trinajstić information content (AvgIpc) is 3.17. The van der Waals surface area contributed by atoms with Gasteiger partial charge < -0.3 is 20.1 Å². The van der Waals surface area contributed by atoms with Gasteiger partial charge in [0, 0.05) is 11.7 Å². The van der Waals surface area contributed by atoms with Crippen LogP contribution in [0.4, 0.5) is 10.5 Å². The van der Waals surface area contributed by atoms with Crippen LogP contribution in [0.15, 0.2) is 78.9 Å². The summed E-state index contributed by atoms with van der Waals surface area (Å²) in [5.74, 6) is 1.52. The Labute approximate surface area is 164 Å². The standard InChI is InChI=1S/C23H22N2O3/c26-23(24-19-9-5-2-6-10-19)25-20(13-17-7-3-1-4-8-17)14-18-11-12-21-22(15-18)28-16-27-21/h1-12,15,20H,13-14,16H2,(H2,24,25,26). The summed E-state index contributed by atoms with van der Waals surface area (Å²) in [6.07, 6.45) is 1.42. The lowest BCUT2D eigenvalue weighted by Gasteiger charge is -2.20. The van der Waals surface area contributed by atoms with E-state index in [2.05, 4.69) is 22.8 Å². The molecule has 3 aromatic carbocycles. The van der Waals surface area contributed by atoms with E-state index in [9.17, 15) is 4.79 Å². The number of hydrogen-bond acceptors (Lipinski definition) is 3. The number of amides is 2. The Morgan fingerprint density at radius 1 is 0.821 bits per heavy atom. The topological polar surface area (TPSA) is 59.6 Å². The number of ether oxygens (including phenoxy) is 2. The molecule has 0 saturated heterocycles. The second-order valence-corrected chi connectivity index (χ2v) is 6.74. The van der Waals surface area contributed by atoms with Crippen LogP contribution in [0.3, 0.4) is 0 Å². The first-order chi connectivity index (χ1) is 13.8. The van der Waals surface area contributed by atoms with Gasteiger partial charge in [-0.1, -0.05) is 54.6 Å². The predicted octanol–water partition coefficient (Wildman–Crippen LogP) is 4.39. The molecule has 3 aromatic rings. The van der Waals surface area contributed by atoms with Crippen molar-refractivity contribution in [2.45, 2.75) is 18.9 Å². The van der Waals surface area contributed by atoms with Crippen molar-refractivity contribution in [2.75, 3.05) is 12.1 Å². The van der Waals surface area contributed by atoms with Crippen molar-refractivity contribution in [1.29, 1.82) is 0 Å². The third-order valence-electron chi connectivity index (χ3n) is 4.61. The molecule has 0 fully saturated rings. The molecule has 1 aliphatic rings. The molecule has 2 amide bonds. The number of fused-ring (bicyclic) bond motifs is 1. The molecule has 1 heterocycles. The molecular formula is C23H22N2O3. The highest BCUT2D eigenvalue weighted by Gasteiger charge is 2.18. The monoisotopic (exact) mass is 374 g/mol. The van der Waals surface area contributed by atoms with E-state index in [0.29, 0.717) is 6.42 Å². The van der Waals surface area contributed by atoms with Gasteiger partial charge in [-0.2, -0.15) is 0 Å². The number of anilines is 1. The van der Waals surface area contributed by atoms with Gasteiger partial charge in [-0.05, 0) is 48.2 Å². The Kier molecular flexibility index (Phi) is 5.43. The summed E-state index contributed by atoms with van der Waals surface area (Å²) in [4.78, 5) is 12.5. The quantitative estimate of drug-likeness (QED) is 0.673. The summed E-state index contributed by atoms with van der Waals surface area (Å²) >= 11 is 0. The average molecular weight is 374 g/mol. The summed E-state index contributed by atoms with van der Waals surface area (Å²) in [6, 6.07) is 25.2. The minimum atomic E-state index is -0.215. The second-order valence-electron chi connectivity index (χ2n) is 6.74. The van der Waals surface area contributed by atoms with Crippen LogP contribution in [0.2, 0.25) is 0 Å². The van der Waals surface area contributed by atoms with Crippen molar-refractivity contribution in [3.05, 3.63) is 90.0 Å². The molecule has 1 atom stereocenters. The third-order valence-corrected chi connectivity index (χ3v) is 4.61. The fourth-order valence-electron chi connectivity index (χ4n) is 3.30. The first-order valence-corrected chi connectivity index (χ1v) is 9.31. The Balaban J connectivity index is 1.47. The molecule has 1 aliphatic heterocycles. The Bertz CT molecular complexity index is 929. The van der Waals surface area contributed by atoms with Crippen LogP contribution in [-0.4, -0.2) is 18.9 Å². The van der Waals surface area contributed by atoms with Crippen LogP contribution < -0.4 is 20.1 Å². The lowest BCUT2D eigenvalue weighted by Crippen LogP contribution is -2.40. The lowest BCUT2D eigenvalue weighted by molar-refractivity contribution is 0.174. The van der Waals surface area contributed by atoms with E-state index >= 15 is 0 Å². The summed E-state index contributed by atoms with van der Waals surface area (Å²) in [5.41, 5.74) is 3.03. The van der Waals surface area contributed by atoms with Crippen molar-refractivity contribution in [3.63, 3.8) is 0 Å². The van der Waals surface area contributed by atoms with Crippen LogP contribution in [0.1, 0.15) is 11.1 Å². The zero-order valence-electron chi connectivity index (χ0n) is 15.4.